The maximum atomic E-state index is 6.27. The van der Waals surface area contributed by atoms with Gasteiger partial charge >= 0.3 is 0 Å². The quantitative estimate of drug-likeness (QED) is 0.776. The first-order chi connectivity index (χ1) is 7.36. The molecule has 2 unspecified atom stereocenters. The standard InChI is InChI=1S/C13H25NO/c14-13(11-5-2-1-3-6-11)9-8-12-7-4-10-15-12/h11-13H,1-10,14H2. The van der Waals surface area contributed by atoms with Gasteiger partial charge in [-0.1, -0.05) is 19.3 Å². The summed E-state index contributed by atoms with van der Waals surface area (Å²) in [5, 5.41) is 0. The summed E-state index contributed by atoms with van der Waals surface area (Å²) in [5.41, 5.74) is 6.27. The number of hydrogen-bond donors (Lipinski definition) is 1. The molecule has 0 spiro atoms. The molecule has 0 aromatic rings. The number of rotatable bonds is 4. The van der Waals surface area contributed by atoms with E-state index in [0.29, 0.717) is 12.1 Å². The lowest BCUT2D eigenvalue weighted by Gasteiger charge is -2.28. The third-order valence-corrected chi connectivity index (χ3v) is 4.10. The molecule has 1 aliphatic heterocycles. The second-order valence-corrected chi connectivity index (χ2v) is 5.27. The highest BCUT2D eigenvalue weighted by atomic mass is 16.5. The Morgan fingerprint density at radius 2 is 1.87 bits per heavy atom. The Bertz CT molecular complexity index is 171. The highest BCUT2D eigenvalue weighted by Gasteiger charge is 2.22. The van der Waals surface area contributed by atoms with E-state index >= 15 is 0 Å². The van der Waals surface area contributed by atoms with Crippen molar-refractivity contribution in [2.24, 2.45) is 11.7 Å². The molecule has 15 heavy (non-hydrogen) atoms. The average molecular weight is 211 g/mol. The molecular weight excluding hydrogens is 186 g/mol. The van der Waals surface area contributed by atoms with Crippen molar-refractivity contribution in [2.75, 3.05) is 6.61 Å². The predicted molar refractivity (Wildman–Crippen MR) is 62.8 cm³/mol. The van der Waals surface area contributed by atoms with Gasteiger partial charge in [0.15, 0.2) is 0 Å². The largest absolute Gasteiger partial charge is 0.378 e. The van der Waals surface area contributed by atoms with Crippen LogP contribution in [0.25, 0.3) is 0 Å². The Morgan fingerprint density at radius 3 is 2.53 bits per heavy atom. The Morgan fingerprint density at radius 1 is 1.07 bits per heavy atom. The first-order valence-corrected chi connectivity index (χ1v) is 6.73. The highest BCUT2D eigenvalue weighted by Crippen LogP contribution is 2.28. The van der Waals surface area contributed by atoms with Crippen LogP contribution in [0.2, 0.25) is 0 Å². The van der Waals surface area contributed by atoms with Crippen molar-refractivity contribution in [3.8, 4) is 0 Å². The van der Waals surface area contributed by atoms with Crippen LogP contribution < -0.4 is 5.73 Å². The molecule has 0 aromatic heterocycles. The third-order valence-electron chi connectivity index (χ3n) is 4.10. The van der Waals surface area contributed by atoms with Crippen molar-refractivity contribution in [1.82, 2.24) is 0 Å². The average Bonchev–Trinajstić information content (AvgIpc) is 2.80. The van der Waals surface area contributed by atoms with E-state index in [0.717, 1.165) is 12.5 Å². The van der Waals surface area contributed by atoms with Gasteiger partial charge in [0, 0.05) is 12.6 Å². The molecule has 2 rings (SSSR count). The molecule has 2 heteroatoms. The lowest BCUT2D eigenvalue weighted by Crippen LogP contribution is -2.32. The fourth-order valence-corrected chi connectivity index (χ4v) is 3.05. The van der Waals surface area contributed by atoms with Crippen molar-refractivity contribution in [3.63, 3.8) is 0 Å². The molecule has 1 saturated carbocycles. The van der Waals surface area contributed by atoms with Crippen LogP contribution in [0.5, 0.6) is 0 Å². The van der Waals surface area contributed by atoms with Crippen LogP contribution >= 0.6 is 0 Å². The first kappa shape index (κ1) is 11.4. The predicted octanol–water partition coefficient (Wildman–Crippen LogP) is 2.85. The minimum Gasteiger partial charge on any atom is -0.378 e. The molecule has 88 valence electrons. The molecule has 0 amide bonds. The second kappa shape index (κ2) is 5.86. The molecule has 0 aromatic carbocycles. The lowest BCUT2D eigenvalue weighted by atomic mass is 9.82. The molecule has 0 radical (unpaired) electrons. The van der Waals surface area contributed by atoms with Crippen LogP contribution in [0.15, 0.2) is 0 Å². The summed E-state index contributed by atoms with van der Waals surface area (Å²) < 4.78 is 5.64. The molecule has 1 heterocycles. The van der Waals surface area contributed by atoms with Crippen LogP contribution in [0, 0.1) is 5.92 Å². The monoisotopic (exact) mass is 211 g/mol. The van der Waals surface area contributed by atoms with Crippen molar-refractivity contribution in [2.45, 2.75) is 69.9 Å². The fraction of sp³-hybridized carbons (Fsp3) is 1.00. The second-order valence-electron chi connectivity index (χ2n) is 5.27. The van der Waals surface area contributed by atoms with E-state index in [4.69, 9.17) is 10.5 Å². The summed E-state index contributed by atoms with van der Waals surface area (Å²) in [4.78, 5) is 0. The van der Waals surface area contributed by atoms with E-state index in [1.54, 1.807) is 0 Å². The Kier molecular flexibility index (Phi) is 4.45. The van der Waals surface area contributed by atoms with Crippen LogP contribution in [-0.4, -0.2) is 18.8 Å². The van der Waals surface area contributed by atoms with Crippen LogP contribution in [0.4, 0.5) is 0 Å². The van der Waals surface area contributed by atoms with E-state index < -0.39 is 0 Å². The molecule has 1 aliphatic carbocycles. The van der Waals surface area contributed by atoms with Gasteiger partial charge in [-0.3, -0.25) is 0 Å². The highest BCUT2D eigenvalue weighted by molar-refractivity contribution is 4.78. The third kappa shape index (κ3) is 3.46. The maximum Gasteiger partial charge on any atom is 0.0576 e. The van der Waals surface area contributed by atoms with Gasteiger partial charge in [-0.2, -0.15) is 0 Å². The molecule has 2 fully saturated rings. The molecule has 0 bridgehead atoms. The normalized spacial score (nSPS) is 30.6. The van der Waals surface area contributed by atoms with Crippen molar-refractivity contribution >= 4 is 0 Å². The van der Waals surface area contributed by atoms with Gasteiger partial charge in [0.1, 0.15) is 0 Å². The van der Waals surface area contributed by atoms with E-state index in [-0.39, 0.29) is 0 Å². The summed E-state index contributed by atoms with van der Waals surface area (Å²) >= 11 is 0. The number of nitrogens with two attached hydrogens (primary N) is 1. The number of ether oxygens (including phenoxy) is 1. The van der Waals surface area contributed by atoms with Crippen LogP contribution in [0.1, 0.15) is 57.8 Å². The topological polar surface area (TPSA) is 35.2 Å². The summed E-state index contributed by atoms with van der Waals surface area (Å²) in [6.45, 7) is 0.976. The molecule has 2 atom stereocenters. The molecule has 2 N–H and O–H groups in total. The molecule has 1 saturated heterocycles. The lowest BCUT2D eigenvalue weighted by molar-refractivity contribution is 0.0978. The maximum absolute atomic E-state index is 6.27. The van der Waals surface area contributed by atoms with Gasteiger partial charge in [-0.05, 0) is 44.4 Å². The minimum atomic E-state index is 0.439. The van der Waals surface area contributed by atoms with Crippen molar-refractivity contribution in [1.29, 1.82) is 0 Å². The van der Waals surface area contributed by atoms with E-state index in [1.807, 2.05) is 0 Å². The Labute approximate surface area is 93.6 Å². The SMILES string of the molecule is NC(CCC1CCCO1)C1CCCCC1. The van der Waals surface area contributed by atoms with Crippen LogP contribution in [-0.2, 0) is 4.74 Å². The van der Waals surface area contributed by atoms with E-state index in [1.165, 1.54) is 57.8 Å². The van der Waals surface area contributed by atoms with Gasteiger partial charge in [0.25, 0.3) is 0 Å². The zero-order valence-corrected chi connectivity index (χ0v) is 9.79. The van der Waals surface area contributed by atoms with Crippen molar-refractivity contribution < 1.29 is 4.74 Å². The molecule has 2 aliphatic rings. The molecular formula is C13H25NO. The fourth-order valence-electron chi connectivity index (χ4n) is 3.05. The van der Waals surface area contributed by atoms with Gasteiger partial charge < -0.3 is 10.5 Å². The summed E-state index contributed by atoms with van der Waals surface area (Å²) in [7, 11) is 0. The van der Waals surface area contributed by atoms with Crippen molar-refractivity contribution in [3.05, 3.63) is 0 Å². The first-order valence-electron chi connectivity index (χ1n) is 6.73. The summed E-state index contributed by atoms with van der Waals surface area (Å²) in [6, 6.07) is 0.439. The zero-order valence-electron chi connectivity index (χ0n) is 9.79. The van der Waals surface area contributed by atoms with Gasteiger partial charge in [0.05, 0.1) is 6.10 Å². The van der Waals surface area contributed by atoms with Crippen LogP contribution in [0.3, 0.4) is 0 Å². The smallest absolute Gasteiger partial charge is 0.0576 e. The number of hydrogen-bond acceptors (Lipinski definition) is 2. The Balaban J connectivity index is 1.64. The van der Waals surface area contributed by atoms with E-state index in [9.17, 15) is 0 Å². The van der Waals surface area contributed by atoms with Gasteiger partial charge in [0.2, 0.25) is 0 Å². The molecule has 2 nitrogen and oxygen atoms in total. The van der Waals surface area contributed by atoms with E-state index in [2.05, 4.69) is 0 Å². The van der Waals surface area contributed by atoms with Gasteiger partial charge in [-0.15, -0.1) is 0 Å². The summed E-state index contributed by atoms with van der Waals surface area (Å²) in [5.74, 6) is 0.806. The van der Waals surface area contributed by atoms with Gasteiger partial charge in [-0.25, -0.2) is 0 Å². The zero-order chi connectivity index (χ0) is 10.5. The Hall–Kier alpha value is -0.0800. The summed E-state index contributed by atoms with van der Waals surface area (Å²) in [6.07, 6.45) is 12.4. The minimum absolute atomic E-state index is 0.439.